The number of methoxy groups -OCH3 is 6. The Hall–Kier alpha value is -7.10. The second kappa shape index (κ2) is 18.4. The van der Waals surface area contributed by atoms with E-state index in [1.165, 1.54) is 128 Å². The molecule has 282 valence electrons. The zero-order valence-electron chi connectivity index (χ0n) is 30.3. The lowest BCUT2D eigenvalue weighted by Gasteiger charge is -2.16. The predicted octanol–water partition coefficient (Wildman–Crippen LogP) is 5.88. The summed E-state index contributed by atoms with van der Waals surface area (Å²) in [6.45, 7) is 0.349. The van der Waals surface area contributed by atoms with E-state index in [2.05, 4.69) is 10.6 Å². The third-order valence-corrected chi connectivity index (χ3v) is 7.98. The maximum Gasteiger partial charge on any atom is 0.269 e. The van der Waals surface area contributed by atoms with Crippen LogP contribution in [0, 0.1) is 20.2 Å². The Balaban J connectivity index is 1.66. The number of ketones is 2. The normalized spacial score (nSPS) is 11.2. The number of nitrogens with one attached hydrogen (secondary N) is 2. The summed E-state index contributed by atoms with van der Waals surface area (Å²) >= 11 is 0. The van der Waals surface area contributed by atoms with Gasteiger partial charge in [0.1, 0.15) is 0 Å². The van der Waals surface area contributed by atoms with Crippen molar-refractivity contribution in [1.29, 1.82) is 0 Å². The summed E-state index contributed by atoms with van der Waals surface area (Å²) in [6, 6.07) is 17.3. The molecule has 0 fully saturated rings. The van der Waals surface area contributed by atoms with Crippen LogP contribution < -0.4 is 39.1 Å². The van der Waals surface area contributed by atoms with Crippen LogP contribution in [0.3, 0.4) is 0 Å². The van der Waals surface area contributed by atoms with Crippen molar-refractivity contribution >= 4 is 34.3 Å². The Morgan fingerprint density at radius 2 is 0.815 bits per heavy atom. The van der Waals surface area contributed by atoms with E-state index < -0.39 is 21.4 Å². The number of non-ortho nitro benzene ring substituents is 2. The first-order valence-electron chi connectivity index (χ1n) is 16.1. The van der Waals surface area contributed by atoms with Crippen molar-refractivity contribution in [3.63, 3.8) is 0 Å². The second-order valence-electron chi connectivity index (χ2n) is 11.1. The second-order valence-corrected chi connectivity index (χ2v) is 11.1. The molecule has 0 bridgehead atoms. The number of nitrogens with zero attached hydrogens (tertiary/aromatic N) is 2. The number of nitro groups is 2. The van der Waals surface area contributed by atoms with Gasteiger partial charge in [0.2, 0.25) is 11.5 Å². The SMILES string of the molecule is COc1cc(C(=O)/C=C(\NCCN/C(=C\C(=O)c2cc(OC)c(OC)c(OC)c2)c2ccc([N+](=O)[O-])cc2)c2ccc([N+](=O)[O-])cc2)cc(OC)c1OC. The van der Waals surface area contributed by atoms with E-state index in [1.807, 2.05) is 0 Å². The first-order valence-corrected chi connectivity index (χ1v) is 16.1. The number of benzene rings is 4. The average Bonchev–Trinajstić information content (AvgIpc) is 3.19. The van der Waals surface area contributed by atoms with Crippen LogP contribution in [-0.4, -0.2) is 77.2 Å². The molecule has 0 aromatic heterocycles. The van der Waals surface area contributed by atoms with Crippen LogP contribution in [0.4, 0.5) is 11.4 Å². The fourth-order valence-corrected chi connectivity index (χ4v) is 5.27. The Labute approximate surface area is 310 Å². The lowest BCUT2D eigenvalue weighted by Crippen LogP contribution is -2.26. The van der Waals surface area contributed by atoms with Crippen LogP contribution in [0.2, 0.25) is 0 Å². The number of hydrogen-bond donors (Lipinski definition) is 2. The third-order valence-electron chi connectivity index (χ3n) is 7.98. The molecule has 0 aliphatic carbocycles. The van der Waals surface area contributed by atoms with E-state index in [9.17, 15) is 29.8 Å². The molecule has 0 aliphatic heterocycles. The maximum absolute atomic E-state index is 13.6. The first-order chi connectivity index (χ1) is 26.0. The lowest BCUT2D eigenvalue weighted by molar-refractivity contribution is -0.385. The van der Waals surface area contributed by atoms with Crippen LogP contribution in [0.25, 0.3) is 11.4 Å². The summed E-state index contributed by atoms with van der Waals surface area (Å²) < 4.78 is 32.3. The summed E-state index contributed by atoms with van der Waals surface area (Å²) in [5, 5.41) is 29.0. The van der Waals surface area contributed by atoms with Gasteiger partial charge in [0, 0.05) is 72.0 Å². The molecule has 0 aliphatic rings. The highest BCUT2D eigenvalue weighted by Gasteiger charge is 2.19. The van der Waals surface area contributed by atoms with E-state index in [1.54, 1.807) is 0 Å². The molecule has 0 unspecified atom stereocenters. The highest BCUT2D eigenvalue weighted by Crippen LogP contribution is 2.39. The van der Waals surface area contributed by atoms with Crippen LogP contribution in [0.1, 0.15) is 31.8 Å². The molecule has 54 heavy (non-hydrogen) atoms. The van der Waals surface area contributed by atoms with Crippen molar-refractivity contribution in [3.05, 3.63) is 127 Å². The van der Waals surface area contributed by atoms with E-state index in [0.29, 0.717) is 34.0 Å². The molecule has 16 heteroatoms. The molecule has 4 aromatic carbocycles. The van der Waals surface area contributed by atoms with Gasteiger partial charge in [-0.25, -0.2) is 0 Å². The van der Waals surface area contributed by atoms with Crippen molar-refractivity contribution in [2.75, 3.05) is 55.7 Å². The van der Waals surface area contributed by atoms with Gasteiger partial charge in [0.05, 0.1) is 52.5 Å². The Kier molecular flexibility index (Phi) is 13.5. The highest BCUT2D eigenvalue weighted by atomic mass is 16.6. The fraction of sp³-hybridized carbons (Fsp3) is 0.211. The van der Waals surface area contributed by atoms with Gasteiger partial charge in [-0.15, -0.1) is 0 Å². The van der Waals surface area contributed by atoms with E-state index in [0.717, 1.165) is 0 Å². The van der Waals surface area contributed by atoms with E-state index in [4.69, 9.17) is 28.4 Å². The first kappa shape index (κ1) is 39.7. The van der Waals surface area contributed by atoms with Gasteiger partial charge in [-0.2, -0.15) is 0 Å². The summed E-state index contributed by atoms with van der Waals surface area (Å²) in [5.74, 6) is 0.824. The van der Waals surface area contributed by atoms with Crippen LogP contribution in [-0.2, 0) is 0 Å². The molecule has 0 saturated heterocycles. The Morgan fingerprint density at radius 1 is 0.519 bits per heavy atom. The average molecular weight is 743 g/mol. The number of ether oxygens (including phenoxy) is 6. The van der Waals surface area contributed by atoms with Gasteiger partial charge in [-0.1, -0.05) is 0 Å². The zero-order valence-corrected chi connectivity index (χ0v) is 30.3. The van der Waals surface area contributed by atoms with Gasteiger partial charge in [0.15, 0.2) is 34.6 Å². The fourth-order valence-electron chi connectivity index (χ4n) is 5.27. The molecule has 4 rings (SSSR count). The Bertz CT molecular complexity index is 1880. The highest BCUT2D eigenvalue weighted by molar-refractivity contribution is 6.10. The molecular weight excluding hydrogens is 704 g/mol. The standard InChI is InChI=1S/C38H38N4O12/c1-49-33-17-25(18-34(50-2)37(33)53-5)31(43)21-29(23-7-11-27(12-8-23)41(45)46)39-15-16-40-30(24-9-13-28(14-10-24)42(47)48)22-32(44)26-19-35(51-3)38(54-6)36(20-26)52-4/h7-14,17-22,39-40H,15-16H2,1-6H3/b29-21-,30-22-. The number of carbonyl (C=O) groups is 2. The quantitative estimate of drug-likeness (QED) is 0.0379. The van der Waals surface area contributed by atoms with Gasteiger partial charge >= 0.3 is 0 Å². The monoisotopic (exact) mass is 742 g/mol. The smallest absolute Gasteiger partial charge is 0.269 e. The van der Waals surface area contributed by atoms with Crippen molar-refractivity contribution in [1.82, 2.24) is 10.6 Å². The van der Waals surface area contributed by atoms with Crippen molar-refractivity contribution in [2.24, 2.45) is 0 Å². The van der Waals surface area contributed by atoms with E-state index in [-0.39, 0.29) is 58.6 Å². The molecule has 0 saturated carbocycles. The van der Waals surface area contributed by atoms with Gasteiger partial charge in [-0.3, -0.25) is 29.8 Å². The minimum atomic E-state index is -0.531. The van der Waals surface area contributed by atoms with Crippen molar-refractivity contribution in [3.8, 4) is 34.5 Å². The number of nitro benzene ring substituents is 2. The molecule has 0 amide bonds. The van der Waals surface area contributed by atoms with Gasteiger partial charge in [0.25, 0.3) is 11.4 Å². The van der Waals surface area contributed by atoms with Crippen LogP contribution in [0.5, 0.6) is 34.5 Å². The number of allylic oxidation sites excluding steroid dienone is 2. The van der Waals surface area contributed by atoms with Crippen LogP contribution in [0.15, 0.2) is 84.9 Å². The molecule has 16 nitrogen and oxygen atoms in total. The lowest BCUT2D eigenvalue weighted by atomic mass is 10.0. The molecule has 0 heterocycles. The van der Waals surface area contributed by atoms with Crippen LogP contribution >= 0.6 is 0 Å². The molecule has 2 N–H and O–H groups in total. The molecule has 4 aromatic rings. The maximum atomic E-state index is 13.6. The Morgan fingerprint density at radius 3 is 1.06 bits per heavy atom. The number of rotatable bonds is 19. The molecule has 0 spiro atoms. The van der Waals surface area contributed by atoms with Gasteiger partial charge in [-0.05, 0) is 59.7 Å². The third kappa shape index (κ3) is 9.41. The van der Waals surface area contributed by atoms with E-state index >= 15 is 0 Å². The molecule has 0 radical (unpaired) electrons. The van der Waals surface area contributed by atoms with Gasteiger partial charge < -0.3 is 39.1 Å². The minimum absolute atomic E-state index is 0.134. The minimum Gasteiger partial charge on any atom is -0.493 e. The van der Waals surface area contributed by atoms with Crippen molar-refractivity contribution < 1.29 is 47.9 Å². The van der Waals surface area contributed by atoms with Crippen molar-refractivity contribution in [2.45, 2.75) is 0 Å². The number of hydrogen-bond acceptors (Lipinski definition) is 14. The topological polar surface area (TPSA) is 200 Å². The predicted molar refractivity (Wildman–Crippen MR) is 199 cm³/mol. The zero-order chi connectivity index (χ0) is 39.4. The molecular formula is C38H38N4O12. The summed E-state index contributed by atoms with van der Waals surface area (Å²) in [7, 11) is 8.59. The largest absolute Gasteiger partial charge is 0.493 e. The molecule has 0 atom stereocenters. The number of carbonyl (C=O) groups excluding carboxylic acids is 2. The summed E-state index contributed by atoms with van der Waals surface area (Å²) in [5.41, 5.74) is 1.79. The summed E-state index contributed by atoms with van der Waals surface area (Å²) in [6.07, 6.45) is 2.67. The summed E-state index contributed by atoms with van der Waals surface area (Å²) in [4.78, 5) is 48.8.